The molecule has 0 saturated heterocycles. The van der Waals surface area contributed by atoms with Crippen LogP contribution in [0, 0.1) is 0 Å². The summed E-state index contributed by atoms with van der Waals surface area (Å²) in [4.78, 5) is 11.9. The van der Waals surface area contributed by atoms with Crippen molar-refractivity contribution in [3.8, 4) is 0 Å². The van der Waals surface area contributed by atoms with Crippen molar-refractivity contribution < 1.29 is 4.79 Å². The summed E-state index contributed by atoms with van der Waals surface area (Å²) >= 11 is 1.84. The summed E-state index contributed by atoms with van der Waals surface area (Å²) in [5.74, 6) is 1.43. The van der Waals surface area contributed by atoms with Gasteiger partial charge in [0.05, 0.1) is 0 Å². The van der Waals surface area contributed by atoms with Crippen molar-refractivity contribution in [2.75, 3.05) is 12.3 Å². The third kappa shape index (κ3) is 1.85. The smallest absolute Gasteiger partial charge is 0.312 e. The fourth-order valence-electron chi connectivity index (χ4n) is 1.62. The molecule has 1 atom stereocenters. The number of hydrogen-bond donors (Lipinski definition) is 2. The molecule has 0 saturated carbocycles. The van der Waals surface area contributed by atoms with Gasteiger partial charge in [0.15, 0.2) is 0 Å². The number of hydrogen-bond acceptors (Lipinski definition) is 2. The molecule has 2 rings (SSSR count). The number of fused-ring (bicyclic) bond motifs is 1. The molecule has 0 spiro atoms. The Morgan fingerprint density at radius 2 is 2.36 bits per heavy atom. The van der Waals surface area contributed by atoms with Crippen LogP contribution in [0.25, 0.3) is 0 Å². The second-order valence-corrected chi connectivity index (χ2v) is 4.35. The van der Waals surface area contributed by atoms with Gasteiger partial charge in [-0.15, -0.1) is 11.8 Å². The summed E-state index contributed by atoms with van der Waals surface area (Å²) in [5.41, 5.74) is 6.36. The van der Waals surface area contributed by atoms with Gasteiger partial charge in [-0.25, -0.2) is 4.79 Å². The molecule has 74 valence electrons. The predicted molar refractivity (Wildman–Crippen MR) is 57.5 cm³/mol. The van der Waals surface area contributed by atoms with Gasteiger partial charge in [0.1, 0.15) is 0 Å². The van der Waals surface area contributed by atoms with E-state index in [1.54, 1.807) is 0 Å². The van der Waals surface area contributed by atoms with Gasteiger partial charge >= 0.3 is 6.03 Å². The Balaban J connectivity index is 2.07. The third-order valence-electron chi connectivity index (χ3n) is 2.32. The topological polar surface area (TPSA) is 55.1 Å². The van der Waals surface area contributed by atoms with Gasteiger partial charge in [0, 0.05) is 23.1 Å². The molecule has 1 aliphatic rings. The minimum atomic E-state index is -0.445. The number of nitrogens with one attached hydrogen (secondary N) is 1. The Morgan fingerprint density at radius 3 is 3.14 bits per heavy atom. The van der Waals surface area contributed by atoms with E-state index in [4.69, 9.17) is 5.73 Å². The highest BCUT2D eigenvalue weighted by Crippen LogP contribution is 2.38. The Labute approximate surface area is 87.1 Å². The van der Waals surface area contributed by atoms with Crippen LogP contribution in [0.3, 0.4) is 0 Å². The highest BCUT2D eigenvalue weighted by molar-refractivity contribution is 7.99. The summed E-state index contributed by atoms with van der Waals surface area (Å²) < 4.78 is 0. The first-order valence-corrected chi connectivity index (χ1v) is 5.51. The van der Waals surface area contributed by atoms with Crippen molar-refractivity contribution in [3.63, 3.8) is 0 Å². The van der Waals surface area contributed by atoms with Crippen LogP contribution in [0.5, 0.6) is 0 Å². The number of carbonyl (C=O) groups is 1. The van der Waals surface area contributed by atoms with E-state index in [0.29, 0.717) is 12.5 Å². The lowest BCUT2D eigenvalue weighted by molar-refractivity contribution is 0.248. The Kier molecular flexibility index (Phi) is 2.63. The Morgan fingerprint density at radius 1 is 1.57 bits per heavy atom. The van der Waals surface area contributed by atoms with Crippen LogP contribution in [0.2, 0.25) is 0 Å². The second kappa shape index (κ2) is 3.92. The van der Waals surface area contributed by atoms with Crippen LogP contribution in [0.15, 0.2) is 29.2 Å². The largest absolute Gasteiger partial charge is 0.352 e. The fourth-order valence-corrected chi connectivity index (χ4v) is 2.88. The van der Waals surface area contributed by atoms with Crippen LogP contribution < -0.4 is 11.1 Å². The van der Waals surface area contributed by atoms with Crippen molar-refractivity contribution in [2.24, 2.45) is 5.73 Å². The van der Waals surface area contributed by atoms with Crippen LogP contribution in [-0.2, 0) is 0 Å². The summed E-state index contributed by atoms with van der Waals surface area (Å²) in [6.45, 7) is 0.638. The zero-order chi connectivity index (χ0) is 9.97. The molecule has 1 aromatic carbocycles. The molecule has 0 radical (unpaired) electrons. The maximum Gasteiger partial charge on any atom is 0.312 e. The van der Waals surface area contributed by atoms with Gasteiger partial charge < -0.3 is 11.1 Å². The van der Waals surface area contributed by atoms with Crippen molar-refractivity contribution in [2.45, 2.75) is 10.8 Å². The van der Waals surface area contributed by atoms with Crippen LogP contribution in [0.4, 0.5) is 4.79 Å². The summed E-state index contributed by atoms with van der Waals surface area (Å²) in [6.07, 6.45) is 0. The molecule has 3 N–H and O–H groups in total. The number of carbonyl (C=O) groups excluding carboxylic acids is 1. The molecule has 3 nitrogen and oxygen atoms in total. The molecule has 1 aromatic rings. The van der Waals surface area contributed by atoms with E-state index in [-0.39, 0.29) is 0 Å². The SMILES string of the molecule is NC(=O)NCC1CSc2ccccc21. The quantitative estimate of drug-likeness (QED) is 0.774. The van der Waals surface area contributed by atoms with Gasteiger partial charge in [-0.1, -0.05) is 18.2 Å². The van der Waals surface area contributed by atoms with E-state index in [1.165, 1.54) is 10.5 Å². The predicted octanol–water partition coefficient (Wildman–Crippen LogP) is 1.54. The second-order valence-electron chi connectivity index (χ2n) is 3.29. The molecule has 0 aliphatic carbocycles. The van der Waals surface area contributed by atoms with Gasteiger partial charge in [-0.2, -0.15) is 0 Å². The normalized spacial score (nSPS) is 19.0. The van der Waals surface area contributed by atoms with Crippen LogP contribution in [0.1, 0.15) is 11.5 Å². The number of nitrogens with two attached hydrogens (primary N) is 1. The third-order valence-corrected chi connectivity index (χ3v) is 3.57. The molecule has 1 unspecified atom stereocenters. The maximum absolute atomic E-state index is 10.6. The van der Waals surface area contributed by atoms with E-state index in [9.17, 15) is 4.79 Å². The van der Waals surface area contributed by atoms with Crippen molar-refractivity contribution in [1.29, 1.82) is 0 Å². The molecule has 0 bridgehead atoms. The monoisotopic (exact) mass is 208 g/mol. The summed E-state index contributed by atoms with van der Waals surface area (Å²) in [6, 6.07) is 7.85. The maximum atomic E-state index is 10.6. The molecule has 14 heavy (non-hydrogen) atoms. The minimum absolute atomic E-state index is 0.406. The molecule has 4 heteroatoms. The van der Waals surface area contributed by atoms with E-state index in [1.807, 2.05) is 23.9 Å². The molecule has 0 fully saturated rings. The summed E-state index contributed by atoms with van der Waals surface area (Å²) in [7, 11) is 0. The number of rotatable bonds is 2. The molecule has 1 aliphatic heterocycles. The summed E-state index contributed by atoms with van der Waals surface area (Å²) in [5, 5.41) is 2.65. The van der Waals surface area contributed by atoms with Crippen molar-refractivity contribution in [1.82, 2.24) is 5.32 Å². The van der Waals surface area contributed by atoms with Crippen molar-refractivity contribution >= 4 is 17.8 Å². The lowest BCUT2D eigenvalue weighted by Gasteiger charge is -2.10. The van der Waals surface area contributed by atoms with Crippen LogP contribution in [-0.4, -0.2) is 18.3 Å². The number of urea groups is 1. The zero-order valence-electron chi connectivity index (χ0n) is 7.69. The van der Waals surface area contributed by atoms with Gasteiger partial charge in [-0.05, 0) is 11.6 Å². The molecule has 0 aromatic heterocycles. The zero-order valence-corrected chi connectivity index (χ0v) is 8.51. The number of thioether (sulfide) groups is 1. The van der Waals surface area contributed by atoms with E-state index < -0.39 is 6.03 Å². The van der Waals surface area contributed by atoms with E-state index in [0.717, 1.165) is 5.75 Å². The molecule has 1 heterocycles. The first-order valence-electron chi connectivity index (χ1n) is 4.52. The highest BCUT2D eigenvalue weighted by atomic mass is 32.2. The van der Waals surface area contributed by atoms with E-state index in [2.05, 4.69) is 17.4 Å². The number of primary amides is 1. The van der Waals surface area contributed by atoms with Crippen LogP contribution >= 0.6 is 11.8 Å². The average molecular weight is 208 g/mol. The standard InChI is InChI=1S/C10H12N2OS/c11-10(13)12-5-7-6-14-9-4-2-1-3-8(7)9/h1-4,7H,5-6H2,(H3,11,12,13). The number of amides is 2. The van der Waals surface area contributed by atoms with Gasteiger partial charge in [-0.3, -0.25) is 0 Å². The Bertz CT molecular complexity index is 354. The van der Waals surface area contributed by atoms with Gasteiger partial charge in [0.2, 0.25) is 0 Å². The minimum Gasteiger partial charge on any atom is -0.352 e. The molecular formula is C10H12N2OS. The lowest BCUT2D eigenvalue weighted by Crippen LogP contribution is -2.33. The van der Waals surface area contributed by atoms with Crippen molar-refractivity contribution in [3.05, 3.63) is 29.8 Å². The van der Waals surface area contributed by atoms with Gasteiger partial charge in [0.25, 0.3) is 0 Å². The number of benzene rings is 1. The lowest BCUT2D eigenvalue weighted by atomic mass is 10.0. The molecular weight excluding hydrogens is 196 g/mol. The first kappa shape index (κ1) is 9.40. The Hall–Kier alpha value is -1.16. The molecule has 2 amide bonds. The first-order chi connectivity index (χ1) is 6.77. The highest BCUT2D eigenvalue weighted by Gasteiger charge is 2.22. The van der Waals surface area contributed by atoms with E-state index >= 15 is 0 Å². The average Bonchev–Trinajstić information content (AvgIpc) is 2.58. The fraction of sp³-hybridized carbons (Fsp3) is 0.300.